The number of sulfonamides is 1. The summed E-state index contributed by atoms with van der Waals surface area (Å²) in [6.45, 7) is 1.81. The van der Waals surface area contributed by atoms with Gasteiger partial charge >= 0.3 is 0 Å². The van der Waals surface area contributed by atoms with E-state index in [9.17, 15) is 8.42 Å². The minimum Gasteiger partial charge on any atom is -0.207 e. The summed E-state index contributed by atoms with van der Waals surface area (Å²) in [7, 11) is -3.55. The molecule has 0 amide bonds. The van der Waals surface area contributed by atoms with Crippen LogP contribution < -0.4 is 4.72 Å². The molecule has 1 heterocycles. The lowest BCUT2D eigenvalue weighted by Crippen LogP contribution is -2.26. The molecule has 0 aliphatic rings. The van der Waals surface area contributed by atoms with E-state index in [2.05, 4.69) is 4.72 Å². The summed E-state index contributed by atoms with van der Waals surface area (Å²) in [6.07, 6.45) is 0.277. The molecule has 0 aliphatic heterocycles. The lowest BCUT2D eigenvalue weighted by atomic mass is 10.2. The third-order valence-electron chi connectivity index (χ3n) is 2.89. The first-order valence-corrected chi connectivity index (χ1v) is 8.46. The third-order valence-corrected chi connectivity index (χ3v) is 5.15. The molecule has 0 spiro atoms. The zero-order chi connectivity index (χ0) is 14.6. The molecular formula is C14H14N2O2S2. The highest BCUT2D eigenvalue weighted by molar-refractivity contribution is 7.89. The summed E-state index contributed by atoms with van der Waals surface area (Å²) in [5, 5.41) is 12.4. The predicted molar refractivity (Wildman–Crippen MR) is 78.8 cm³/mol. The predicted octanol–water partition coefficient (Wildman–Crippen LogP) is 2.85. The Bertz CT molecular complexity index is 699. The van der Waals surface area contributed by atoms with Crippen molar-refractivity contribution < 1.29 is 8.42 Å². The van der Waals surface area contributed by atoms with Crippen molar-refractivity contribution in [1.29, 1.82) is 5.26 Å². The van der Waals surface area contributed by atoms with Gasteiger partial charge in [0.2, 0.25) is 10.0 Å². The van der Waals surface area contributed by atoms with Crippen molar-refractivity contribution in [3.05, 3.63) is 52.2 Å². The lowest BCUT2D eigenvalue weighted by Gasteiger charge is -2.13. The maximum atomic E-state index is 12.2. The van der Waals surface area contributed by atoms with Gasteiger partial charge in [0.25, 0.3) is 0 Å². The van der Waals surface area contributed by atoms with E-state index in [0.29, 0.717) is 0 Å². The van der Waals surface area contributed by atoms with Crippen LogP contribution in [-0.4, -0.2) is 8.42 Å². The number of hydrogen-bond acceptors (Lipinski definition) is 4. The quantitative estimate of drug-likeness (QED) is 0.923. The number of nitriles is 1. The molecular weight excluding hydrogens is 292 g/mol. The zero-order valence-electron chi connectivity index (χ0n) is 10.9. The van der Waals surface area contributed by atoms with Gasteiger partial charge in [-0.3, -0.25) is 0 Å². The summed E-state index contributed by atoms with van der Waals surface area (Å²) in [6, 6.07) is 10.0. The first-order chi connectivity index (χ1) is 9.53. The van der Waals surface area contributed by atoms with Gasteiger partial charge in [-0.2, -0.15) is 16.6 Å². The maximum absolute atomic E-state index is 12.2. The van der Waals surface area contributed by atoms with E-state index in [-0.39, 0.29) is 17.4 Å². The van der Waals surface area contributed by atoms with Crippen LogP contribution in [0.5, 0.6) is 0 Å². The fourth-order valence-corrected chi connectivity index (χ4v) is 3.75. The average molecular weight is 306 g/mol. The summed E-state index contributed by atoms with van der Waals surface area (Å²) >= 11 is 1.53. The fraction of sp³-hybridized carbons (Fsp3) is 0.214. The van der Waals surface area contributed by atoms with Gasteiger partial charge in [0.1, 0.15) is 0 Å². The van der Waals surface area contributed by atoms with Crippen molar-refractivity contribution in [2.75, 3.05) is 0 Å². The van der Waals surface area contributed by atoms with Gasteiger partial charge in [-0.1, -0.05) is 12.1 Å². The second-order valence-corrected chi connectivity index (χ2v) is 6.87. The Hall–Kier alpha value is -1.68. The van der Waals surface area contributed by atoms with Crippen LogP contribution in [0.25, 0.3) is 0 Å². The SMILES string of the molecule is CC(NS(=O)(=O)c1ccc(CC#N)cc1)c1ccsc1. The summed E-state index contributed by atoms with van der Waals surface area (Å²) < 4.78 is 27.1. The molecule has 0 saturated heterocycles. The van der Waals surface area contributed by atoms with Crippen molar-refractivity contribution in [2.45, 2.75) is 24.3 Å². The molecule has 1 N–H and O–H groups in total. The molecule has 0 radical (unpaired) electrons. The van der Waals surface area contributed by atoms with E-state index >= 15 is 0 Å². The Labute approximate surface area is 122 Å². The molecule has 1 unspecified atom stereocenters. The second kappa shape index (κ2) is 6.18. The first-order valence-electron chi connectivity index (χ1n) is 6.03. The minimum atomic E-state index is -3.55. The minimum absolute atomic E-state index is 0.210. The van der Waals surface area contributed by atoms with Gasteiger partial charge in [0, 0.05) is 6.04 Å². The molecule has 2 rings (SSSR count). The van der Waals surface area contributed by atoms with Crippen molar-refractivity contribution in [3.63, 3.8) is 0 Å². The summed E-state index contributed by atoms with van der Waals surface area (Å²) in [5.41, 5.74) is 1.75. The molecule has 1 aromatic carbocycles. The van der Waals surface area contributed by atoms with Crippen LogP contribution in [-0.2, 0) is 16.4 Å². The number of rotatable bonds is 5. The molecule has 6 heteroatoms. The highest BCUT2D eigenvalue weighted by Gasteiger charge is 2.18. The number of nitrogens with one attached hydrogen (secondary N) is 1. The summed E-state index contributed by atoms with van der Waals surface area (Å²) in [4.78, 5) is 0.210. The van der Waals surface area contributed by atoms with Gasteiger partial charge in [-0.25, -0.2) is 13.1 Å². The fourth-order valence-electron chi connectivity index (χ4n) is 1.77. The molecule has 2 aromatic rings. The van der Waals surface area contributed by atoms with Crippen LogP contribution in [0, 0.1) is 11.3 Å². The van der Waals surface area contributed by atoms with E-state index in [4.69, 9.17) is 5.26 Å². The molecule has 104 valence electrons. The van der Waals surface area contributed by atoms with E-state index in [1.165, 1.54) is 23.5 Å². The van der Waals surface area contributed by atoms with Gasteiger partial charge in [-0.15, -0.1) is 0 Å². The van der Waals surface area contributed by atoms with E-state index in [1.807, 2.05) is 29.8 Å². The van der Waals surface area contributed by atoms with Crippen LogP contribution in [0.1, 0.15) is 24.1 Å². The molecule has 0 fully saturated rings. The monoisotopic (exact) mass is 306 g/mol. The largest absolute Gasteiger partial charge is 0.241 e. The van der Waals surface area contributed by atoms with Gasteiger partial charge in [0.15, 0.2) is 0 Å². The van der Waals surface area contributed by atoms with Gasteiger partial charge < -0.3 is 0 Å². The van der Waals surface area contributed by atoms with Crippen molar-refractivity contribution in [1.82, 2.24) is 4.72 Å². The topological polar surface area (TPSA) is 70.0 Å². The first kappa shape index (κ1) is 14.7. The Kier molecular flexibility index (Phi) is 4.55. The third kappa shape index (κ3) is 3.45. The standard InChI is InChI=1S/C14H14N2O2S2/c1-11(13-7-9-19-10-13)16-20(17,18)14-4-2-12(3-5-14)6-8-15/h2-5,7,9-11,16H,6H2,1H3. The Morgan fingerprint density at radius 1 is 1.30 bits per heavy atom. The molecule has 4 nitrogen and oxygen atoms in total. The average Bonchev–Trinajstić information content (AvgIpc) is 2.93. The van der Waals surface area contributed by atoms with Crippen LogP contribution in [0.3, 0.4) is 0 Å². The van der Waals surface area contributed by atoms with Crippen LogP contribution in [0.15, 0.2) is 46.0 Å². The van der Waals surface area contributed by atoms with Crippen molar-refractivity contribution in [3.8, 4) is 6.07 Å². The molecule has 1 atom stereocenters. The van der Waals surface area contributed by atoms with Crippen molar-refractivity contribution >= 4 is 21.4 Å². The maximum Gasteiger partial charge on any atom is 0.241 e. The second-order valence-electron chi connectivity index (χ2n) is 4.38. The molecule has 0 saturated carbocycles. The van der Waals surface area contributed by atoms with Crippen LogP contribution in [0.2, 0.25) is 0 Å². The Morgan fingerprint density at radius 3 is 2.55 bits per heavy atom. The molecule has 1 aromatic heterocycles. The lowest BCUT2D eigenvalue weighted by molar-refractivity contribution is 0.567. The Balaban J connectivity index is 2.16. The number of nitrogens with zero attached hydrogens (tertiary/aromatic N) is 1. The molecule has 0 bridgehead atoms. The zero-order valence-corrected chi connectivity index (χ0v) is 12.5. The van der Waals surface area contributed by atoms with Gasteiger partial charge in [-0.05, 0) is 47.0 Å². The van der Waals surface area contributed by atoms with Gasteiger partial charge in [0.05, 0.1) is 17.4 Å². The highest BCUT2D eigenvalue weighted by atomic mass is 32.2. The summed E-state index contributed by atoms with van der Waals surface area (Å²) in [5.74, 6) is 0. The number of hydrogen-bond donors (Lipinski definition) is 1. The highest BCUT2D eigenvalue weighted by Crippen LogP contribution is 2.19. The van der Waals surface area contributed by atoms with E-state index in [0.717, 1.165) is 11.1 Å². The Morgan fingerprint density at radius 2 is 2.00 bits per heavy atom. The van der Waals surface area contributed by atoms with Crippen molar-refractivity contribution in [2.24, 2.45) is 0 Å². The normalized spacial score (nSPS) is 12.8. The number of benzene rings is 1. The molecule has 0 aliphatic carbocycles. The van der Waals surface area contributed by atoms with Crippen LogP contribution in [0.4, 0.5) is 0 Å². The van der Waals surface area contributed by atoms with Crippen LogP contribution >= 0.6 is 11.3 Å². The number of thiophene rings is 1. The molecule has 20 heavy (non-hydrogen) atoms. The van der Waals surface area contributed by atoms with E-state index < -0.39 is 10.0 Å². The smallest absolute Gasteiger partial charge is 0.207 e. The van der Waals surface area contributed by atoms with E-state index in [1.54, 1.807) is 12.1 Å².